The van der Waals surface area contributed by atoms with Crippen LogP contribution in [0, 0.1) is 11.5 Å². The standard InChI is InChI=1S/C20H25O5.V/c1-3-24-17(21)12-8-14-20(19(23)25-4-2)13-7-10-15-9-5-6-11-16(15)18(20)22;/h5,9,11H,3-4,7-8,10,12-14H2,1-2H3;/q-1;. The van der Waals surface area contributed by atoms with Crippen molar-refractivity contribution < 1.29 is 42.4 Å². The number of ether oxygens (including phenoxy) is 2. The maximum atomic E-state index is 13.2. The first-order chi connectivity index (χ1) is 12.0. The van der Waals surface area contributed by atoms with Gasteiger partial charge in [-0.15, -0.1) is 5.56 Å². The second-order valence-electron chi connectivity index (χ2n) is 6.23. The summed E-state index contributed by atoms with van der Waals surface area (Å²) in [4.78, 5) is 37.6. The van der Waals surface area contributed by atoms with Gasteiger partial charge in [0.25, 0.3) is 0 Å². The molecule has 0 fully saturated rings. The molecule has 26 heavy (non-hydrogen) atoms. The number of carbonyl (C=O) groups is 3. The Bertz CT molecular complexity index is 643. The summed E-state index contributed by atoms with van der Waals surface area (Å²) in [6.07, 6.45) is 2.79. The van der Waals surface area contributed by atoms with Gasteiger partial charge in [-0.2, -0.15) is 24.3 Å². The second-order valence-corrected chi connectivity index (χ2v) is 6.23. The van der Waals surface area contributed by atoms with E-state index in [1.807, 2.05) is 6.07 Å². The summed E-state index contributed by atoms with van der Waals surface area (Å²) in [6, 6.07) is 8.25. The zero-order valence-corrected chi connectivity index (χ0v) is 16.8. The van der Waals surface area contributed by atoms with Crippen molar-refractivity contribution in [2.45, 2.75) is 52.4 Å². The first-order valence-electron chi connectivity index (χ1n) is 8.91. The summed E-state index contributed by atoms with van der Waals surface area (Å²) in [6.45, 7) is 4.02. The first kappa shape index (κ1) is 22.5. The molecule has 0 aliphatic heterocycles. The maximum Gasteiger partial charge on any atom is 0.318 e. The van der Waals surface area contributed by atoms with Crippen LogP contribution >= 0.6 is 0 Å². The van der Waals surface area contributed by atoms with Crippen molar-refractivity contribution in [3.8, 4) is 0 Å². The van der Waals surface area contributed by atoms with Crippen molar-refractivity contribution in [3.05, 3.63) is 35.4 Å². The molecule has 6 heteroatoms. The Morgan fingerprint density at radius 2 is 1.96 bits per heavy atom. The van der Waals surface area contributed by atoms with E-state index in [9.17, 15) is 14.4 Å². The van der Waals surface area contributed by atoms with Crippen LogP contribution < -0.4 is 0 Å². The SMILES string of the molecule is CCOC(=O)CCCC1(C(=O)OCC)CCCc2cc[c-]cc2C1=O.[V]. The minimum Gasteiger partial charge on any atom is -0.466 e. The van der Waals surface area contributed by atoms with Crippen LogP contribution in [0.4, 0.5) is 0 Å². The number of aryl methyl sites for hydroxylation is 1. The average molecular weight is 396 g/mol. The van der Waals surface area contributed by atoms with Gasteiger partial charge in [-0.3, -0.25) is 9.59 Å². The predicted molar refractivity (Wildman–Crippen MR) is 92.1 cm³/mol. The van der Waals surface area contributed by atoms with Crippen molar-refractivity contribution in [3.63, 3.8) is 0 Å². The number of hydrogen-bond acceptors (Lipinski definition) is 5. The van der Waals surface area contributed by atoms with Crippen LogP contribution in [0.5, 0.6) is 0 Å². The smallest absolute Gasteiger partial charge is 0.318 e. The third-order valence-corrected chi connectivity index (χ3v) is 4.64. The molecule has 141 valence electrons. The molecule has 0 saturated heterocycles. The number of fused-ring (bicyclic) bond motifs is 1. The van der Waals surface area contributed by atoms with E-state index in [0.29, 0.717) is 25.0 Å². The van der Waals surface area contributed by atoms with Gasteiger partial charge in [-0.05, 0) is 46.0 Å². The van der Waals surface area contributed by atoms with Gasteiger partial charge in [0.2, 0.25) is 0 Å². The number of hydrogen-bond donors (Lipinski definition) is 0. The van der Waals surface area contributed by atoms with Crippen molar-refractivity contribution in [1.29, 1.82) is 0 Å². The Morgan fingerprint density at radius 3 is 2.65 bits per heavy atom. The zero-order chi connectivity index (χ0) is 18.3. The Labute approximate surface area is 166 Å². The van der Waals surface area contributed by atoms with E-state index < -0.39 is 11.4 Å². The van der Waals surface area contributed by atoms with Gasteiger partial charge in [0.15, 0.2) is 0 Å². The number of ketones is 1. The summed E-state index contributed by atoms with van der Waals surface area (Å²) < 4.78 is 10.2. The molecule has 0 saturated carbocycles. The molecule has 0 amide bonds. The molecule has 0 aromatic heterocycles. The third kappa shape index (κ3) is 4.98. The monoisotopic (exact) mass is 396 g/mol. The van der Waals surface area contributed by atoms with E-state index in [1.54, 1.807) is 26.0 Å². The molecule has 2 rings (SSSR count). The minimum absolute atomic E-state index is 0. The maximum absolute atomic E-state index is 13.2. The number of benzene rings is 1. The van der Waals surface area contributed by atoms with Crippen LogP contribution in [0.2, 0.25) is 0 Å². The number of carbonyl (C=O) groups excluding carboxylic acids is 3. The van der Waals surface area contributed by atoms with Gasteiger partial charge < -0.3 is 14.3 Å². The van der Waals surface area contributed by atoms with E-state index in [1.165, 1.54) is 0 Å². The quantitative estimate of drug-likeness (QED) is 0.306. The van der Waals surface area contributed by atoms with Crippen molar-refractivity contribution >= 4 is 17.7 Å². The summed E-state index contributed by atoms with van der Waals surface area (Å²) in [5.41, 5.74) is 0.271. The normalized spacial score (nSPS) is 18.9. The predicted octanol–water partition coefficient (Wildman–Crippen LogP) is 3.29. The summed E-state index contributed by atoms with van der Waals surface area (Å²) in [5.74, 6) is -1.00. The molecule has 1 aliphatic carbocycles. The minimum atomic E-state index is -1.22. The van der Waals surface area contributed by atoms with Gasteiger partial charge in [-0.1, -0.05) is 5.56 Å². The van der Waals surface area contributed by atoms with Gasteiger partial charge in [-0.25, -0.2) is 0 Å². The second kappa shape index (κ2) is 10.5. The van der Waals surface area contributed by atoms with Crippen LogP contribution in [-0.4, -0.2) is 30.9 Å². The van der Waals surface area contributed by atoms with Crippen molar-refractivity contribution in [1.82, 2.24) is 0 Å². The van der Waals surface area contributed by atoms with Crippen LogP contribution in [0.15, 0.2) is 18.2 Å². The molecule has 1 aromatic carbocycles. The molecule has 1 radical (unpaired) electrons. The molecule has 0 spiro atoms. The van der Waals surface area contributed by atoms with Gasteiger partial charge in [0.1, 0.15) is 11.2 Å². The van der Waals surface area contributed by atoms with Gasteiger partial charge >= 0.3 is 11.9 Å². The Morgan fingerprint density at radius 1 is 1.23 bits per heavy atom. The Balaban J connectivity index is 0.00000338. The van der Waals surface area contributed by atoms with E-state index in [4.69, 9.17) is 9.47 Å². The molecule has 1 atom stereocenters. The van der Waals surface area contributed by atoms with Crippen molar-refractivity contribution in [2.75, 3.05) is 13.2 Å². The van der Waals surface area contributed by atoms with Crippen LogP contribution in [-0.2, 0) is 44.0 Å². The van der Waals surface area contributed by atoms with Gasteiger partial charge in [0, 0.05) is 25.0 Å². The fourth-order valence-electron chi connectivity index (χ4n) is 3.42. The topological polar surface area (TPSA) is 69.7 Å². The van der Waals surface area contributed by atoms with Crippen LogP contribution in [0.25, 0.3) is 0 Å². The first-order valence-corrected chi connectivity index (χ1v) is 8.91. The van der Waals surface area contributed by atoms with E-state index in [-0.39, 0.29) is 49.8 Å². The summed E-state index contributed by atoms with van der Waals surface area (Å²) in [7, 11) is 0. The summed E-state index contributed by atoms with van der Waals surface area (Å²) in [5, 5.41) is 0. The van der Waals surface area contributed by atoms with Gasteiger partial charge in [0.05, 0.1) is 13.2 Å². The molecule has 1 unspecified atom stereocenters. The number of rotatable bonds is 7. The van der Waals surface area contributed by atoms with E-state index in [0.717, 1.165) is 18.4 Å². The van der Waals surface area contributed by atoms with Crippen LogP contribution in [0.1, 0.15) is 61.9 Å². The zero-order valence-electron chi connectivity index (χ0n) is 15.4. The van der Waals surface area contributed by atoms with Crippen molar-refractivity contribution in [2.24, 2.45) is 5.41 Å². The molecule has 5 nitrogen and oxygen atoms in total. The molecule has 0 N–H and O–H groups in total. The van der Waals surface area contributed by atoms with E-state index in [2.05, 4.69) is 6.07 Å². The van der Waals surface area contributed by atoms with Crippen LogP contribution in [0.3, 0.4) is 0 Å². The third-order valence-electron chi connectivity index (χ3n) is 4.64. The fraction of sp³-hybridized carbons (Fsp3) is 0.550. The largest absolute Gasteiger partial charge is 0.466 e. The Kier molecular flexibility index (Phi) is 9.10. The fourth-order valence-corrected chi connectivity index (χ4v) is 3.42. The van der Waals surface area contributed by atoms with E-state index >= 15 is 0 Å². The molecular weight excluding hydrogens is 371 g/mol. The molecule has 0 bridgehead atoms. The average Bonchev–Trinajstić information content (AvgIpc) is 2.74. The molecule has 1 aliphatic rings. The number of Topliss-reactive ketones (excluding diaryl/α,β-unsaturated/α-hetero) is 1. The Hall–Kier alpha value is -1.59. The number of esters is 2. The summed E-state index contributed by atoms with van der Waals surface area (Å²) >= 11 is 0. The molecule has 0 heterocycles. The molecule has 1 aromatic rings. The molecular formula is C20H25O5V-.